The van der Waals surface area contributed by atoms with Crippen LogP contribution in [0.5, 0.6) is 0 Å². The number of aryl methyl sites for hydroxylation is 2. The van der Waals surface area contributed by atoms with E-state index in [1.54, 1.807) is 17.7 Å². The molecule has 1 aromatic carbocycles. The second kappa shape index (κ2) is 8.36. The molecule has 3 aromatic heterocycles. The average molecular weight is 435 g/mol. The van der Waals surface area contributed by atoms with Crippen LogP contribution in [0.15, 0.2) is 41.2 Å². The Balaban J connectivity index is 1.28. The van der Waals surface area contributed by atoms with Crippen molar-refractivity contribution in [3.63, 3.8) is 0 Å². The minimum absolute atomic E-state index is 0.0760. The van der Waals surface area contributed by atoms with E-state index in [0.717, 1.165) is 48.8 Å². The van der Waals surface area contributed by atoms with Gasteiger partial charge in [-0.05, 0) is 26.3 Å². The van der Waals surface area contributed by atoms with Gasteiger partial charge in [-0.3, -0.25) is 4.90 Å². The second-order valence-corrected chi connectivity index (χ2v) is 9.12. The molecule has 31 heavy (non-hydrogen) atoms. The second-order valence-electron chi connectivity index (χ2n) is 8.00. The molecule has 0 aliphatic carbocycles. The molecular weight excluding hydrogens is 408 g/mol. The zero-order valence-electron chi connectivity index (χ0n) is 18.1. The van der Waals surface area contributed by atoms with Crippen molar-refractivity contribution in [1.29, 1.82) is 0 Å². The van der Waals surface area contributed by atoms with Crippen LogP contribution >= 0.6 is 11.3 Å². The summed E-state index contributed by atoms with van der Waals surface area (Å²) in [6.07, 6.45) is 2.72. The van der Waals surface area contributed by atoms with E-state index in [2.05, 4.69) is 68.9 Å². The van der Waals surface area contributed by atoms with Gasteiger partial charge in [-0.25, -0.2) is 9.97 Å². The molecule has 7 nitrogen and oxygen atoms in total. The molecule has 4 heterocycles. The predicted octanol–water partition coefficient (Wildman–Crippen LogP) is 4.50. The van der Waals surface area contributed by atoms with Gasteiger partial charge >= 0.3 is 0 Å². The molecule has 1 aliphatic rings. The Kier molecular flexibility index (Phi) is 5.41. The van der Waals surface area contributed by atoms with Crippen molar-refractivity contribution in [3.05, 3.63) is 53.0 Å². The fraction of sp³-hybridized carbons (Fsp3) is 0.391. The van der Waals surface area contributed by atoms with E-state index in [1.807, 2.05) is 12.1 Å². The van der Waals surface area contributed by atoms with E-state index in [0.29, 0.717) is 11.7 Å². The highest BCUT2D eigenvalue weighted by Crippen LogP contribution is 2.32. The Bertz CT molecular complexity index is 1180. The van der Waals surface area contributed by atoms with E-state index in [9.17, 15) is 0 Å². The van der Waals surface area contributed by atoms with Crippen molar-refractivity contribution < 1.29 is 4.52 Å². The maximum absolute atomic E-state index is 5.61. The third-order valence-corrected chi connectivity index (χ3v) is 7.17. The van der Waals surface area contributed by atoms with E-state index in [4.69, 9.17) is 4.52 Å². The number of thiophene rings is 1. The first-order chi connectivity index (χ1) is 15.1. The van der Waals surface area contributed by atoms with Gasteiger partial charge in [0.25, 0.3) is 0 Å². The van der Waals surface area contributed by atoms with Crippen molar-refractivity contribution in [2.45, 2.75) is 33.2 Å². The van der Waals surface area contributed by atoms with Crippen LogP contribution in [0.3, 0.4) is 0 Å². The van der Waals surface area contributed by atoms with Crippen LogP contribution < -0.4 is 4.90 Å². The molecule has 0 spiro atoms. The van der Waals surface area contributed by atoms with Crippen LogP contribution in [0, 0.1) is 6.92 Å². The van der Waals surface area contributed by atoms with Gasteiger partial charge in [0.05, 0.1) is 11.4 Å². The summed E-state index contributed by atoms with van der Waals surface area (Å²) in [7, 11) is 0. The van der Waals surface area contributed by atoms with Crippen LogP contribution in [-0.2, 0) is 6.42 Å². The first-order valence-electron chi connectivity index (χ1n) is 10.8. The Morgan fingerprint density at radius 2 is 1.87 bits per heavy atom. The molecule has 1 fully saturated rings. The van der Waals surface area contributed by atoms with E-state index in [1.165, 1.54) is 15.8 Å². The molecule has 1 unspecified atom stereocenters. The molecule has 1 aliphatic heterocycles. The average Bonchev–Trinajstić information content (AvgIpc) is 3.46. The third-order valence-electron chi connectivity index (χ3n) is 5.98. The van der Waals surface area contributed by atoms with E-state index < -0.39 is 0 Å². The number of benzene rings is 1. The highest BCUT2D eigenvalue weighted by molar-refractivity contribution is 7.18. The van der Waals surface area contributed by atoms with Gasteiger partial charge in [0, 0.05) is 36.6 Å². The first-order valence-corrected chi connectivity index (χ1v) is 11.6. The summed E-state index contributed by atoms with van der Waals surface area (Å²) in [6.45, 7) is 10.0. The van der Waals surface area contributed by atoms with E-state index >= 15 is 0 Å². The summed E-state index contributed by atoms with van der Waals surface area (Å²) >= 11 is 1.76. The predicted molar refractivity (Wildman–Crippen MR) is 123 cm³/mol. The van der Waals surface area contributed by atoms with Crippen molar-refractivity contribution in [2.75, 3.05) is 31.1 Å². The summed E-state index contributed by atoms with van der Waals surface area (Å²) < 4.78 is 5.61. The van der Waals surface area contributed by atoms with Gasteiger partial charge in [0.2, 0.25) is 11.7 Å². The lowest BCUT2D eigenvalue weighted by Gasteiger charge is -2.37. The molecule has 1 saturated heterocycles. The molecule has 0 N–H and O–H groups in total. The topological polar surface area (TPSA) is 71.2 Å². The lowest BCUT2D eigenvalue weighted by atomic mass is 10.1. The monoisotopic (exact) mass is 434 g/mol. The van der Waals surface area contributed by atoms with Crippen molar-refractivity contribution in [2.24, 2.45) is 0 Å². The number of aromatic nitrogens is 4. The Morgan fingerprint density at radius 1 is 1.10 bits per heavy atom. The van der Waals surface area contributed by atoms with Gasteiger partial charge in [-0.1, -0.05) is 41.9 Å². The van der Waals surface area contributed by atoms with Gasteiger partial charge < -0.3 is 9.42 Å². The van der Waals surface area contributed by atoms with Crippen molar-refractivity contribution >= 4 is 27.4 Å². The van der Waals surface area contributed by atoms with Gasteiger partial charge in [0.1, 0.15) is 17.0 Å². The molecule has 160 valence electrons. The fourth-order valence-corrected chi connectivity index (χ4v) is 4.95. The molecule has 5 rings (SSSR count). The molecular formula is C23H26N6OS. The number of hydrogen-bond acceptors (Lipinski definition) is 8. The Hall–Kier alpha value is -2.84. The number of fused-ring (bicyclic) bond motifs is 1. The summed E-state index contributed by atoms with van der Waals surface area (Å²) in [6, 6.07) is 10.5. The number of anilines is 1. The standard InChI is InChI=1S/C23H26N6OS/c1-4-18-13-19-21(24-14-25-23(19)31-18)29-11-9-28(10-12-29)16(3)22-26-20(27-30-22)17-7-5-15(2)6-8-17/h5-8,13-14,16H,4,9-12H2,1-3H3. The highest BCUT2D eigenvalue weighted by atomic mass is 32.1. The number of rotatable bonds is 5. The fourth-order valence-electron chi connectivity index (χ4n) is 4.02. The lowest BCUT2D eigenvalue weighted by molar-refractivity contribution is 0.164. The molecule has 0 bridgehead atoms. The maximum Gasteiger partial charge on any atom is 0.244 e. The number of nitrogens with zero attached hydrogens (tertiary/aromatic N) is 6. The van der Waals surface area contributed by atoms with Gasteiger partial charge in [-0.15, -0.1) is 11.3 Å². The third kappa shape index (κ3) is 3.93. The normalized spacial score (nSPS) is 16.2. The van der Waals surface area contributed by atoms with Crippen LogP contribution in [-0.4, -0.2) is 51.2 Å². The molecule has 0 amide bonds. The van der Waals surface area contributed by atoms with E-state index in [-0.39, 0.29) is 6.04 Å². The smallest absolute Gasteiger partial charge is 0.244 e. The quantitative estimate of drug-likeness (QED) is 0.458. The lowest BCUT2D eigenvalue weighted by Crippen LogP contribution is -2.47. The molecule has 4 aromatic rings. The largest absolute Gasteiger partial charge is 0.353 e. The molecule has 0 saturated carbocycles. The summed E-state index contributed by atoms with van der Waals surface area (Å²) in [5.41, 5.74) is 2.20. The van der Waals surface area contributed by atoms with Crippen LogP contribution in [0.1, 0.15) is 36.2 Å². The first kappa shape index (κ1) is 20.1. The summed E-state index contributed by atoms with van der Waals surface area (Å²) in [5.74, 6) is 2.36. The zero-order valence-corrected chi connectivity index (χ0v) is 18.9. The summed E-state index contributed by atoms with van der Waals surface area (Å²) in [5, 5.41) is 5.37. The molecule has 8 heteroatoms. The Morgan fingerprint density at radius 3 is 2.61 bits per heavy atom. The van der Waals surface area contributed by atoms with Gasteiger partial charge in [0.15, 0.2) is 0 Å². The van der Waals surface area contributed by atoms with Crippen LogP contribution in [0.4, 0.5) is 5.82 Å². The maximum atomic E-state index is 5.61. The van der Waals surface area contributed by atoms with Crippen LogP contribution in [0.2, 0.25) is 0 Å². The minimum atomic E-state index is 0.0760. The zero-order chi connectivity index (χ0) is 21.4. The number of hydrogen-bond donors (Lipinski definition) is 0. The minimum Gasteiger partial charge on any atom is -0.353 e. The van der Waals surface area contributed by atoms with Gasteiger partial charge in [-0.2, -0.15) is 4.98 Å². The van der Waals surface area contributed by atoms with Crippen molar-refractivity contribution in [1.82, 2.24) is 25.0 Å². The SMILES string of the molecule is CCc1cc2c(N3CCN(C(C)c4nc(-c5ccc(C)cc5)no4)CC3)ncnc2s1. The molecule has 0 radical (unpaired) electrons. The highest BCUT2D eigenvalue weighted by Gasteiger charge is 2.27. The van der Waals surface area contributed by atoms with Crippen molar-refractivity contribution in [3.8, 4) is 11.4 Å². The summed E-state index contributed by atoms with van der Waals surface area (Å²) in [4.78, 5) is 20.9. The van der Waals surface area contributed by atoms with Crippen LogP contribution in [0.25, 0.3) is 21.6 Å². The number of piperazine rings is 1. The molecule has 1 atom stereocenters. The Labute approximate surface area is 185 Å².